The van der Waals surface area contributed by atoms with Gasteiger partial charge in [-0.2, -0.15) is 0 Å². The van der Waals surface area contributed by atoms with Gasteiger partial charge in [0.15, 0.2) is 0 Å². The molecule has 0 saturated carbocycles. The van der Waals surface area contributed by atoms with E-state index in [1.54, 1.807) is 43.8 Å². The number of imidazole rings is 1. The lowest BCUT2D eigenvalue weighted by Crippen LogP contribution is -2.15. The lowest BCUT2D eigenvalue weighted by atomic mass is 10.1. The van der Waals surface area contributed by atoms with Gasteiger partial charge in [-0.15, -0.1) is 0 Å². The maximum Gasteiger partial charge on any atom is 0.256 e. The fourth-order valence-electron chi connectivity index (χ4n) is 3.37. The number of aromatic nitrogens is 4. The highest BCUT2D eigenvalue weighted by molar-refractivity contribution is 6.04. The van der Waals surface area contributed by atoms with Gasteiger partial charge in [-0.05, 0) is 24.3 Å². The fraction of sp³-hybridized carbons (Fsp3) is 0.167. The normalized spacial score (nSPS) is 11.3. The van der Waals surface area contributed by atoms with Crippen LogP contribution in [0.4, 0.5) is 11.6 Å². The number of carbonyl (C=O) groups is 1. The molecule has 0 atom stereocenters. The molecule has 0 aliphatic rings. The van der Waals surface area contributed by atoms with Crippen LogP contribution in [0.25, 0.3) is 16.8 Å². The molecule has 4 N–H and O–H groups in total. The molecule has 33 heavy (non-hydrogen) atoms. The number of ether oxygens (including phenoxy) is 1. The summed E-state index contributed by atoms with van der Waals surface area (Å²) < 4.78 is 6.94. The van der Waals surface area contributed by atoms with Gasteiger partial charge in [0.25, 0.3) is 5.91 Å². The van der Waals surface area contributed by atoms with Crippen molar-refractivity contribution < 1.29 is 9.53 Å². The van der Waals surface area contributed by atoms with Gasteiger partial charge in [0.05, 0.1) is 13.2 Å². The average Bonchev–Trinajstić information content (AvgIpc) is 3.22. The Hall–Kier alpha value is -4.08. The van der Waals surface area contributed by atoms with E-state index in [0.29, 0.717) is 42.6 Å². The maximum absolute atomic E-state index is 12.5. The number of hydrogen-bond donors (Lipinski definition) is 3. The molecule has 0 aliphatic heterocycles. The molecule has 9 heteroatoms. The summed E-state index contributed by atoms with van der Waals surface area (Å²) in [6.07, 6.45) is 9.08. The maximum atomic E-state index is 12.5. The zero-order valence-corrected chi connectivity index (χ0v) is 18.2. The van der Waals surface area contributed by atoms with Crippen LogP contribution in [0.1, 0.15) is 16.2 Å². The van der Waals surface area contributed by atoms with Crippen LogP contribution >= 0.6 is 0 Å². The third-order valence-corrected chi connectivity index (χ3v) is 4.96. The third-order valence-electron chi connectivity index (χ3n) is 4.96. The van der Waals surface area contributed by atoms with E-state index < -0.39 is 0 Å². The summed E-state index contributed by atoms with van der Waals surface area (Å²) in [5, 5.41) is 6.12. The number of nitrogens with two attached hydrogens (primary N) is 1. The summed E-state index contributed by atoms with van der Waals surface area (Å²) in [7, 11) is 1.66. The first-order valence-electron chi connectivity index (χ1n) is 10.5. The van der Waals surface area contributed by atoms with Crippen molar-refractivity contribution in [1.29, 1.82) is 0 Å². The van der Waals surface area contributed by atoms with Crippen LogP contribution < -0.4 is 16.4 Å². The van der Waals surface area contributed by atoms with Gasteiger partial charge < -0.3 is 21.1 Å². The Balaban J connectivity index is 1.55. The van der Waals surface area contributed by atoms with E-state index >= 15 is 0 Å². The summed E-state index contributed by atoms with van der Waals surface area (Å²) in [6, 6.07) is 12.6. The van der Waals surface area contributed by atoms with Crippen molar-refractivity contribution in [2.45, 2.75) is 6.54 Å². The van der Waals surface area contributed by atoms with Crippen molar-refractivity contribution in [3.8, 4) is 11.3 Å². The van der Waals surface area contributed by atoms with Gasteiger partial charge in [-0.25, -0.2) is 15.0 Å². The Morgan fingerprint density at radius 3 is 2.73 bits per heavy atom. The van der Waals surface area contributed by atoms with Gasteiger partial charge in [0.2, 0.25) is 0 Å². The Bertz CT molecular complexity index is 1250. The van der Waals surface area contributed by atoms with Crippen molar-refractivity contribution in [2.24, 2.45) is 0 Å². The lowest BCUT2D eigenvalue weighted by molar-refractivity contribution is 0.102. The molecule has 168 valence electrons. The van der Waals surface area contributed by atoms with E-state index in [2.05, 4.69) is 20.6 Å². The summed E-state index contributed by atoms with van der Waals surface area (Å²) in [5.41, 5.74) is 8.99. The van der Waals surface area contributed by atoms with Crippen LogP contribution in [-0.4, -0.2) is 45.5 Å². The molecule has 0 radical (unpaired) electrons. The van der Waals surface area contributed by atoms with Crippen LogP contribution in [0.2, 0.25) is 0 Å². The molecule has 3 aromatic heterocycles. The molecular formula is C24H25N7O2. The first-order valence-corrected chi connectivity index (χ1v) is 10.5. The second-order valence-corrected chi connectivity index (χ2v) is 7.21. The van der Waals surface area contributed by atoms with Crippen LogP contribution in [-0.2, 0) is 11.3 Å². The number of nitrogens with one attached hydrogen (secondary N) is 2. The quantitative estimate of drug-likeness (QED) is 0.269. The number of carbonyl (C=O) groups excluding carboxylic acids is 1. The van der Waals surface area contributed by atoms with Gasteiger partial charge in [0.1, 0.15) is 28.7 Å². The Morgan fingerprint density at radius 1 is 1.12 bits per heavy atom. The van der Waals surface area contributed by atoms with Crippen LogP contribution in [0.15, 0.2) is 73.2 Å². The Kier molecular flexibility index (Phi) is 7.03. The van der Waals surface area contributed by atoms with Crippen molar-refractivity contribution in [3.05, 3.63) is 84.6 Å². The van der Waals surface area contributed by atoms with Crippen LogP contribution in [0.5, 0.6) is 0 Å². The minimum absolute atomic E-state index is 0.234. The molecule has 0 spiro atoms. The highest BCUT2D eigenvalue weighted by Crippen LogP contribution is 2.28. The van der Waals surface area contributed by atoms with E-state index in [0.717, 1.165) is 16.9 Å². The molecular weight excluding hydrogens is 418 g/mol. The number of hydrogen-bond acceptors (Lipinski definition) is 7. The molecule has 0 unspecified atom stereocenters. The number of methoxy groups -OCH3 is 1. The molecule has 0 saturated heterocycles. The zero-order chi connectivity index (χ0) is 23.0. The molecule has 1 amide bonds. The summed E-state index contributed by atoms with van der Waals surface area (Å²) in [6.45, 7) is 1.82. The van der Waals surface area contributed by atoms with Crippen LogP contribution in [0, 0.1) is 0 Å². The third kappa shape index (κ3) is 5.22. The van der Waals surface area contributed by atoms with Gasteiger partial charge in [-0.1, -0.05) is 30.4 Å². The molecule has 0 aliphatic carbocycles. The minimum Gasteiger partial charge on any atom is -0.382 e. The lowest BCUT2D eigenvalue weighted by Gasteiger charge is -2.05. The zero-order valence-electron chi connectivity index (χ0n) is 18.2. The van der Waals surface area contributed by atoms with Crippen molar-refractivity contribution in [3.63, 3.8) is 0 Å². The van der Waals surface area contributed by atoms with Gasteiger partial charge in [-0.3, -0.25) is 9.20 Å². The molecule has 3 heterocycles. The summed E-state index contributed by atoms with van der Waals surface area (Å²) in [5.74, 6) is 1.47. The monoisotopic (exact) mass is 443 g/mol. The van der Waals surface area contributed by atoms with Crippen LogP contribution in [0.3, 0.4) is 0 Å². The van der Waals surface area contributed by atoms with Crippen molar-refractivity contribution in [1.82, 2.24) is 24.7 Å². The number of nitrogens with zero attached hydrogens (tertiary/aromatic N) is 4. The SMILES string of the molecule is COC/C=C/CNCc1nc(-c2ccc(C(=O)Nc3ccccn3)cc2)c2c(N)nccn12. The predicted molar refractivity (Wildman–Crippen MR) is 128 cm³/mol. The molecule has 0 fully saturated rings. The van der Waals surface area contributed by atoms with Crippen molar-refractivity contribution >= 4 is 23.1 Å². The topological polar surface area (TPSA) is 119 Å². The number of pyridine rings is 1. The number of rotatable bonds is 9. The standard InChI is InChI=1S/C24H25N7O2/c1-33-15-5-4-11-26-16-20-30-21(22-23(25)28-13-14-31(20)22)17-7-9-18(10-8-17)24(32)29-19-6-2-3-12-27-19/h2-10,12-14,26H,11,15-16H2,1H3,(H2,25,28)(H,27,29,32)/b5-4+. The number of amides is 1. The minimum atomic E-state index is -0.234. The molecule has 1 aromatic carbocycles. The first kappa shape index (κ1) is 22.1. The van der Waals surface area contributed by atoms with E-state index in [9.17, 15) is 4.79 Å². The van der Waals surface area contributed by atoms with Crippen molar-refractivity contribution in [2.75, 3.05) is 31.3 Å². The largest absolute Gasteiger partial charge is 0.382 e. The van der Waals surface area contributed by atoms with Gasteiger partial charge >= 0.3 is 0 Å². The van der Waals surface area contributed by atoms with E-state index in [4.69, 9.17) is 15.5 Å². The van der Waals surface area contributed by atoms with E-state index in [1.165, 1.54) is 0 Å². The highest BCUT2D eigenvalue weighted by Gasteiger charge is 2.16. The van der Waals surface area contributed by atoms with E-state index in [-0.39, 0.29) is 5.91 Å². The summed E-state index contributed by atoms with van der Waals surface area (Å²) in [4.78, 5) is 25.7. The predicted octanol–water partition coefficient (Wildman–Crippen LogP) is 2.92. The summed E-state index contributed by atoms with van der Waals surface area (Å²) >= 11 is 0. The fourth-order valence-corrected chi connectivity index (χ4v) is 3.37. The number of fused-ring (bicyclic) bond motifs is 1. The molecule has 0 bridgehead atoms. The number of nitrogen functional groups attached to an aromatic ring is 1. The average molecular weight is 444 g/mol. The number of anilines is 2. The molecule has 9 nitrogen and oxygen atoms in total. The highest BCUT2D eigenvalue weighted by atomic mass is 16.5. The van der Waals surface area contributed by atoms with E-state index in [1.807, 2.05) is 40.9 Å². The molecule has 4 aromatic rings. The molecule has 4 rings (SSSR count). The second kappa shape index (κ2) is 10.5. The second-order valence-electron chi connectivity index (χ2n) is 7.21. The smallest absolute Gasteiger partial charge is 0.256 e. The first-order chi connectivity index (χ1) is 16.2. The van der Waals surface area contributed by atoms with Gasteiger partial charge in [0, 0.05) is 43.4 Å². The Morgan fingerprint density at radius 2 is 1.97 bits per heavy atom. The Labute approximate surface area is 191 Å². The number of benzene rings is 1.